The summed E-state index contributed by atoms with van der Waals surface area (Å²) in [7, 11) is 3.45. The molecule has 35 heavy (non-hydrogen) atoms. The fraction of sp³-hybridized carbons (Fsp3) is 0.613. The van der Waals surface area contributed by atoms with Crippen molar-refractivity contribution >= 4 is 0 Å². The highest BCUT2D eigenvalue weighted by atomic mass is 16.5. The van der Waals surface area contributed by atoms with Gasteiger partial charge in [0.05, 0.1) is 11.2 Å². The lowest BCUT2D eigenvalue weighted by Gasteiger charge is -2.32. The van der Waals surface area contributed by atoms with E-state index < -0.39 is 11.2 Å². The lowest BCUT2D eigenvalue weighted by molar-refractivity contribution is 0.00822. The van der Waals surface area contributed by atoms with Gasteiger partial charge in [-0.3, -0.25) is 0 Å². The first-order valence-electron chi connectivity index (χ1n) is 12.9. The van der Waals surface area contributed by atoms with Gasteiger partial charge in [-0.25, -0.2) is 0 Å². The molecule has 0 aliphatic heterocycles. The smallest absolute Gasteiger partial charge is 0.131 e. The van der Waals surface area contributed by atoms with Gasteiger partial charge < -0.3 is 18.9 Å². The van der Waals surface area contributed by atoms with Crippen molar-refractivity contribution in [1.82, 2.24) is 0 Å². The highest BCUT2D eigenvalue weighted by Gasteiger charge is 2.32. The van der Waals surface area contributed by atoms with Crippen molar-refractivity contribution in [2.24, 2.45) is 11.8 Å². The highest BCUT2D eigenvalue weighted by molar-refractivity contribution is 5.49. The quantitative estimate of drug-likeness (QED) is 0.270. The van der Waals surface area contributed by atoms with Crippen LogP contribution in [0.25, 0.3) is 0 Å². The summed E-state index contributed by atoms with van der Waals surface area (Å²) < 4.78 is 24.0. The maximum absolute atomic E-state index is 6.37. The van der Waals surface area contributed by atoms with E-state index in [2.05, 4.69) is 98.7 Å². The molecule has 0 bridgehead atoms. The van der Waals surface area contributed by atoms with E-state index in [-0.39, 0.29) is 0 Å². The van der Waals surface area contributed by atoms with Crippen LogP contribution >= 0.6 is 0 Å². The second kappa shape index (κ2) is 12.3. The molecular formula is C31H48O4. The van der Waals surface area contributed by atoms with Gasteiger partial charge in [0.25, 0.3) is 0 Å². The van der Waals surface area contributed by atoms with Crippen molar-refractivity contribution in [2.75, 3.05) is 27.4 Å². The summed E-state index contributed by atoms with van der Waals surface area (Å²) in [6.45, 7) is 20.4. The van der Waals surface area contributed by atoms with Crippen LogP contribution in [0.4, 0.5) is 0 Å². The van der Waals surface area contributed by atoms with Crippen LogP contribution in [-0.2, 0) is 20.7 Å². The van der Waals surface area contributed by atoms with Crippen molar-refractivity contribution in [3.8, 4) is 11.5 Å². The second-order valence-electron chi connectivity index (χ2n) is 11.4. The second-order valence-corrected chi connectivity index (χ2v) is 11.4. The predicted octanol–water partition coefficient (Wildman–Crippen LogP) is 8.00. The molecule has 4 heteroatoms. The van der Waals surface area contributed by atoms with E-state index in [0.29, 0.717) is 31.0 Å². The van der Waals surface area contributed by atoms with Crippen molar-refractivity contribution in [1.29, 1.82) is 0 Å². The maximum atomic E-state index is 6.37. The maximum Gasteiger partial charge on any atom is 0.131 e. The minimum Gasteiger partial charge on any atom is -0.490 e. The van der Waals surface area contributed by atoms with Crippen LogP contribution in [0.15, 0.2) is 36.4 Å². The normalized spacial score (nSPS) is 13.4. The van der Waals surface area contributed by atoms with E-state index in [1.807, 2.05) is 0 Å². The molecule has 1 unspecified atom stereocenters. The Balaban J connectivity index is 2.16. The van der Waals surface area contributed by atoms with Crippen molar-refractivity contribution in [3.05, 3.63) is 58.7 Å². The van der Waals surface area contributed by atoms with Gasteiger partial charge in [0, 0.05) is 25.3 Å². The van der Waals surface area contributed by atoms with E-state index in [0.717, 1.165) is 28.2 Å². The molecule has 0 spiro atoms. The minimum atomic E-state index is -0.500. The Morgan fingerprint density at radius 1 is 0.743 bits per heavy atom. The number of aryl methyl sites for hydroxylation is 1. The summed E-state index contributed by atoms with van der Waals surface area (Å²) in [5.74, 6) is 3.53. The Labute approximate surface area is 214 Å². The topological polar surface area (TPSA) is 36.9 Å². The van der Waals surface area contributed by atoms with Crippen molar-refractivity contribution in [2.45, 2.75) is 85.9 Å². The Kier molecular flexibility index (Phi) is 10.2. The molecule has 4 nitrogen and oxygen atoms in total. The summed E-state index contributed by atoms with van der Waals surface area (Å²) in [6.07, 6.45) is 1.20. The highest BCUT2D eigenvalue weighted by Crippen LogP contribution is 2.41. The van der Waals surface area contributed by atoms with Crippen LogP contribution in [-0.4, -0.2) is 27.4 Å². The van der Waals surface area contributed by atoms with Gasteiger partial charge in [-0.15, -0.1) is 0 Å². The third-order valence-corrected chi connectivity index (χ3v) is 6.99. The fourth-order valence-electron chi connectivity index (χ4n) is 4.46. The first kappa shape index (κ1) is 29.2. The molecule has 0 N–H and O–H groups in total. The van der Waals surface area contributed by atoms with Crippen LogP contribution in [0.1, 0.15) is 90.0 Å². The third-order valence-electron chi connectivity index (χ3n) is 6.99. The molecule has 0 radical (unpaired) electrons. The van der Waals surface area contributed by atoms with E-state index in [1.165, 1.54) is 12.0 Å². The molecule has 0 heterocycles. The number of hydrogen-bond donors (Lipinski definition) is 0. The van der Waals surface area contributed by atoms with Crippen LogP contribution in [0, 0.1) is 18.8 Å². The van der Waals surface area contributed by atoms with E-state index in [1.54, 1.807) is 14.2 Å². The summed E-state index contributed by atoms with van der Waals surface area (Å²) >= 11 is 0. The molecule has 0 fully saturated rings. The SMILES string of the molecule is COC(C)(C)c1cc(C)cc(C(C)(C)OC)c1OCCOc1ccc(C(CC(C)C)C(C)C)cc1. The van der Waals surface area contributed by atoms with Gasteiger partial charge in [-0.05, 0) is 88.6 Å². The summed E-state index contributed by atoms with van der Waals surface area (Å²) in [5.41, 5.74) is 3.55. The molecule has 0 aromatic heterocycles. The summed E-state index contributed by atoms with van der Waals surface area (Å²) in [4.78, 5) is 0. The molecule has 0 saturated heterocycles. The molecule has 0 aliphatic carbocycles. The molecule has 196 valence electrons. The van der Waals surface area contributed by atoms with E-state index in [9.17, 15) is 0 Å². The zero-order chi connectivity index (χ0) is 26.4. The standard InChI is InChI=1S/C31H48O4/c1-21(2)18-26(22(3)4)24-12-14-25(15-13-24)34-16-17-35-29-27(30(6,7)32-10)19-23(5)20-28(29)31(8,9)33-11/h12-15,19-22,26H,16-18H2,1-11H3. The number of methoxy groups -OCH3 is 2. The first-order chi connectivity index (χ1) is 16.3. The minimum absolute atomic E-state index is 0.423. The largest absolute Gasteiger partial charge is 0.490 e. The number of rotatable bonds is 13. The van der Waals surface area contributed by atoms with Gasteiger partial charge >= 0.3 is 0 Å². The number of ether oxygens (including phenoxy) is 4. The molecule has 1 atom stereocenters. The number of hydrogen-bond acceptors (Lipinski definition) is 4. The average Bonchev–Trinajstić information content (AvgIpc) is 2.80. The lowest BCUT2D eigenvalue weighted by Crippen LogP contribution is -2.27. The molecule has 2 rings (SSSR count). The van der Waals surface area contributed by atoms with Gasteiger partial charge in [0.15, 0.2) is 0 Å². The van der Waals surface area contributed by atoms with Gasteiger partial charge in [0.1, 0.15) is 24.7 Å². The summed E-state index contributed by atoms with van der Waals surface area (Å²) in [6, 6.07) is 12.8. The molecule has 2 aromatic rings. The van der Waals surface area contributed by atoms with Crippen LogP contribution in [0.5, 0.6) is 11.5 Å². The van der Waals surface area contributed by atoms with E-state index in [4.69, 9.17) is 18.9 Å². The fourth-order valence-corrected chi connectivity index (χ4v) is 4.46. The lowest BCUT2D eigenvalue weighted by atomic mass is 9.82. The van der Waals surface area contributed by atoms with Crippen molar-refractivity contribution < 1.29 is 18.9 Å². The van der Waals surface area contributed by atoms with Gasteiger partial charge in [0.2, 0.25) is 0 Å². The van der Waals surface area contributed by atoms with Crippen LogP contribution in [0.3, 0.4) is 0 Å². The molecule has 0 saturated carbocycles. The first-order valence-corrected chi connectivity index (χ1v) is 12.9. The molecule has 0 aliphatic rings. The van der Waals surface area contributed by atoms with Crippen molar-refractivity contribution in [3.63, 3.8) is 0 Å². The zero-order valence-corrected chi connectivity index (χ0v) is 24.0. The van der Waals surface area contributed by atoms with Crippen LogP contribution in [0.2, 0.25) is 0 Å². The Bertz CT molecular complexity index is 888. The summed E-state index contributed by atoms with van der Waals surface area (Å²) in [5, 5.41) is 0. The van der Waals surface area contributed by atoms with E-state index >= 15 is 0 Å². The Morgan fingerprint density at radius 3 is 1.66 bits per heavy atom. The molecule has 0 amide bonds. The Morgan fingerprint density at radius 2 is 1.23 bits per heavy atom. The monoisotopic (exact) mass is 484 g/mol. The molecular weight excluding hydrogens is 436 g/mol. The Hall–Kier alpha value is -2.04. The zero-order valence-electron chi connectivity index (χ0n) is 24.0. The van der Waals surface area contributed by atoms with Gasteiger partial charge in [-0.1, -0.05) is 45.4 Å². The number of benzene rings is 2. The van der Waals surface area contributed by atoms with Crippen LogP contribution < -0.4 is 9.47 Å². The predicted molar refractivity (Wildman–Crippen MR) is 146 cm³/mol. The van der Waals surface area contributed by atoms with Gasteiger partial charge in [-0.2, -0.15) is 0 Å². The third kappa shape index (κ3) is 7.72. The molecule has 2 aromatic carbocycles. The average molecular weight is 485 g/mol.